The van der Waals surface area contributed by atoms with Crippen LogP contribution in [0.25, 0.3) is 0 Å². The maximum Gasteiger partial charge on any atom is 0.488 e. The Kier molecular flexibility index (Phi) is 3.59. The zero-order valence-electron chi connectivity index (χ0n) is 9.84. The molecule has 0 aromatic heterocycles. The molecule has 2 nitrogen and oxygen atoms in total. The fraction of sp³-hybridized carbons (Fsp3) is 0.455. The lowest BCUT2D eigenvalue weighted by Gasteiger charge is -2.23. The van der Waals surface area contributed by atoms with E-state index in [1.54, 1.807) is 20.8 Å². The standard InChI is InChI=1S/C11H14BF3O2/c1-10(2,3)8-5-4-7(11(13,14)15)6-9(8)12(16)17/h4-6,16-17H,1-3H3. The lowest BCUT2D eigenvalue weighted by Crippen LogP contribution is -2.38. The number of hydrogen-bond donors (Lipinski definition) is 2. The summed E-state index contributed by atoms with van der Waals surface area (Å²) in [5.41, 5.74) is -0.954. The summed E-state index contributed by atoms with van der Waals surface area (Å²) in [5.74, 6) is 0. The first-order chi connectivity index (χ1) is 7.53. The molecule has 0 aliphatic heterocycles. The normalized spacial score (nSPS) is 12.7. The molecular weight excluding hydrogens is 232 g/mol. The van der Waals surface area contributed by atoms with Gasteiger partial charge in [-0.15, -0.1) is 0 Å². The van der Waals surface area contributed by atoms with Crippen molar-refractivity contribution >= 4 is 12.6 Å². The van der Waals surface area contributed by atoms with Gasteiger partial charge in [-0.05, 0) is 28.6 Å². The Bertz CT molecular complexity index is 408. The Hall–Kier alpha value is -1.01. The second-order valence-corrected chi connectivity index (χ2v) is 4.92. The molecule has 0 bridgehead atoms. The lowest BCUT2D eigenvalue weighted by molar-refractivity contribution is -0.137. The molecule has 1 aromatic rings. The van der Waals surface area contributed by atoms with E-state index < -0.39 is 24.3 Å². The van der Waals surface area contributed by atoms with Gasteiger partial charge in [-0.25, -0.2) is 0 Å². The van der Waals surface area contributed by atoms with Crippen molar-refractivity contribution in [2.45, 2.75) is 32.4 Å². The third kappa shape index (κ3) is 3.23. The summed E-state index contributed by atoms with van der Waals surface area (Å²) >= 11 is 0. The number of hydrogen-bond acceptors (Lipinski definition) is 2. The molecule has 0 aliphatic rings. The molecule has 6 heteroatoms. The van der Waals surface area contributed by atoms with Crippen LogP contribution in [-0.4, -0.2) is 17.2 Å². The molecule has 0 heterocycles. The maximum atomic E-state index is 12.5. The molecule has 94 valence electrons. The van der Waals surface area contributed by atoms with Gasteiger partial charge in [-0.3, -0.25) is 0 Å². The van der Waals surface area contributed by atoms with Gasteiger partial charge in [0.1, 0.15) is 0 Å². The van der Waals surface area contributed by atoms with Crippen LogP contribution in [0.1, 0.15) is 31.9 Å². The molecule has 0 spiro atoms. The van der Waals surface area contributed by atoms with Crippen LogP contribution in [0.3, 0.4) is 0 Å². The van der Waals surface area contributed by atoms with E-state index in [-0.39, 0.29) is 5.46 Å². The monoisotopic (exact) mass is 246 g/mol. The number of halogens is 3. The van der Waals surface area contributed by atoms with E-state index in [0.29, 0.717) is 5.56 Å². The molecule has 2 N–H and O–H groups in total. The second-order valence-electron chi connectivity index (χ2n) is 4.92. The number of alkyl halides is 3. The predicted octanol–water partition coefficient (Wildman–Crippen LogP) is 1.68. The van der Waals surface area contributed by atoms with E-state index in [0.717, 1.165) is 12.1 Å². The van der Waals surface area contributed by atoms with E-state index in [9.17, 15) is 13.2 Å². The Labute approximate surface area is 98.2 Å². The van der Waals surface area contributed by atoms with Crippen LogP contribution >= 0.6 is 0 Å². The summed E-state index contributed by atoms with van der Waals surface area (Å²) in [4.78, 5) is 0. The molecule has 0 unspecified atom stereocenters. The van der Waals surface area contributed by atoms with Crippen molar-refractivity contribution in [1.82, 2.24) is 0 Å². The SMILES string of the molecule is CC(C)(C)c1ccc(C(F)(F)F)cc1B(O)O. The molecule has 0 atom stereocenters. The Morgan fingerprint density at radius 2 is 1.59 bits per heavy atom. The number of rotatable bonds is 1. The molecule has 0 saturated heterocycles. The molecular formula is C11H14BF3O2. The van der Waals surface area contributed by atoms with Crippen LogP contribution < -0.4 is 5.46 Å². The zero-order chi connectivity index (χ0) is 13.4. The molecule has 17 heavy (non-hydrogen) atoms. The van der Waals surface area contributed by atoms with Gasteiger partial charge in [0.15, 0.2) is 0 Å². The first-order valence-corrected chi connectivity index (χ1v) is 5.11. The van der Waals surface area contributed by atoms with E-state index in [1.807, 2.05) is 0 Å². The first kappa shape index (κ1) is 14.1. The van der Waals surface area contributed by atoms with Crippen LogP contribution in [-0.2, 0) is 11.6 Å². The Morgan fingerprint density at radius 1 is 1.06 bits per heavy atom. The van der Waals surface area contributed by atoms with Gasteiger partial charge in [0.2, 0.25) is 0 Å². The van der Waals surface area contributed by atoms with Crippen LogP contribution in [0.2, 0.25) is 0 Å². The average Bonchev–Trinajstić information content (AvgIpc) is 2.14. The smallest absolute Gasteiger partial charge is 0.423 e. The molecule has 0 aliphatic carbocycles. The minimum atomic E-state index is -4.49. The van der Waals surface area contributed by atoms with Crippen molar-refractivity contribution in [1.29, 1.82) is 0 Å². The predicted molar refractivity (Wildman–Crippen MR) is 60.0 cm³/mol. The summed E-state index contributed by atoms with van der Waals surface area (Å²) in [6, 6.07) is 3.02. The minimum absolute atomic E-state index is 0.104. The maximum absolute atomic E-state index is 12.5. The highest BCUT2D eigenvalue weighted by Crippen LogP contribution is 2.30. The highest BCUT2D eigenvalue weighted by Gasteiger charge is 2.33. The second kappa shape index (κ2) is 4.35. The highest BCUT2D eigenvalue weighted by atomic mass is 19.4. The molecule has 0 saturated carbocycles. The Morgan fingerprint density at radius 3 is 1.94 bits per heavy atom. The Balaban J connectivity index is 3.38. The summed E-state index contributed by atoms with van der Waals surface area (Å²) in [6.45, 7) is 5.38. The van der Waals surface area contributed by atoms with E-state index >= 15 is 0 Å². The molecule has 1 rings (SSSR count). The zero-order valence-corrected chi connectivity index (χ0v) is 9.84. The summed E-state index contributed by atoms with van der Waals surface area (Å²) in [5, 5.41) is 18.3. The summed E-state index contributed by atoms with van der Waals surface area (Å²) < 4.78 is 37.5. The molecule has 0 fully saturated rings. The van der Waals surface area contributed by atoms with Gasteiger partial charge in [0.25, 0.3) is 0 Å². The van der Waals surface area contributed by atoms with Gasteiger partial charge >= 0.3 is 13.3 Å². The van der Waals surface area contributed by atoms with Crippen molar-refractivity contribution in [2.24, 2.45) is 0 Å². The fourth-order valence-electron chi connectivity index (χ4n) is 1.64. The van der Waals surface area contributed by atoms with Crippen LogP contribution in [0.4, 0.5) is 13.2 Å². The average molecular weight is 246 g/mol. The van der Waals surface area contributed by atoms with Crippen LogP contribution in [0.5, 0.6) is 0 Å². The van der Waals surface area contributed by atoms with Crippen LogP contribution in [0, 0.1) is 0 Å². The van der Waals surface area contributed by atoms with Gasteiger partial charge in [0.05, 0.1) is 5.56 Å². The molecule has 1 aromatic carbocycles. The van der Waals surface area contributed by atoms with E-state index in [1.165, 1.54) is 6.07 Å². The van der Waals surface area contributed by atoms with Gasteiger partial charge in [-0.1, -0.05) is 26.8 Å². The van der Waals surface area contributed by atoms with Gasteiger partial charge < -0.3 is 10.0 Å². The van der Waals surface area contributed by atoms with Gasteiger partial charge in [-0.2, -0.15) is 13.2 Å². The van der Waals surface area contributed by atoms with Crippen molar-refractivity contribution in [2.75, 3.05) is 0 Å². The van der Waals surface area contributed by atoms with Crippen molar-refractivity contribution in [3.63, 3.8) is 0 Å². The lowest BCUT2D eigenvalue weighted by atomic mass is 9.69. The third-order valence-electron chi connectivity index (χ3n) is 2.47. The molecule has 0 radical (unpaired) electrons. The highest BCUT2D eigenvalue weighted by molar-refractivity contribution is 6.59. The van der Waals surface area contributed by atoms with Gasteiger partial charge in [0, 0.05) is 0 Å². The van der Waals surface area contributed by atoms with Crippen molar-refractivity contribution < 1.29 is 23.2 Å². The summed E-state index contributed by atoms with van der Waals surface area (Å²) in [6.07, 6.45) is -4.49. The third-order valence-corrected chi connectivity index (χ3v) is 2.47. The van der Waals surface area contributed by atoms with Crippen molar-refractivity contribution in [3.05, 3.63) is 29.3 Å². The topological polar surface area (TPSA) is 40.5 Å². The minimum Gasteiger partial charge on any atom is -0.423 e. The summed E-state index contributed by atoms with van der Waals surface area (Å²) in [7, 11) is -1.91. The molecule has 0 amide bonds. The fourth-order valence-corrected chi connectivity index (χ4v) is 1.64. The van der Waals surface area contributed by atoms with E-state index in [2.05, 4.69) is 0 Å². The number of benzene rings is 1. The quantitative estimate of drug-likeness (QED) is 0.740. The van der Waals surface area contributed by atoms with Crippen LogP contribution in [0.15, 0.2) is 18.2 Å². The van der Waals surface area contributed by atoms with Crippen molar-refractivity contribution in [3.8, 4) is 0 Å². The van der Waals surface area contributed by atoms with E-state index in [4.69, 9.17) is 10.0 Å². The largest absolute Gasteiger partial charge is 0.488 e. The first-order valence-electron chi connectivity index (χ1n) is 5.11.